The third-order valence-electron chi connectivity index (χ3n) is 2.58. The molecule has 0 aromatic carbocycles. The maximum atomic E-state index is 8.87. The summed E-state index contributed by atoms with van der Waals surface area (Å²) in [6.45, 7) is 8.01. The van der Waals surface area contributed by atoms with Gasteiger partial charge in [-0.25, -0.2) is 9.50 Å². The van der Waals surface area contributed by atoms with Gasteiger partial charge in [-0.3, -0.25) is 0 Å². The summed E-state index contributed by atoms with van der Waals surface area (Å²) in [4.78, 5) is 8.59. The number of nitriles is 1. The van der Waals surface area contributed by atoms with Crippen LogP contribution in [0.2, 0.25) is 0 Å². The molecular weight excluding hydrogens is 214 g/mol. The molecule has 0 amide bonds. The molecule has 0 N–H and O–H groups in total. The molecule has 0 bridgehead atoms. The van der Waals surface area contributed by atoms with Crippen molar-refractivity contribution in [3.63, 3.8) is 0 Å². The molecule has 0 radical (unpaired) electrons. The second kappa shape index (κ2) is 3.81. The van der Waals surface area contributed by atoms with Crippen LogP contribution in [0.4, 0.5) is 0 Å². The highest BCUT2D eigenvalue weighted by molar-refractivity contribution is 5.31. The predicted molar refractivity (Wildman–Crippen MR) is 63.5 cm³/mol. The zero-order chi connectivity index (χ0) is 12.6. The van der Waals surface area contributed by atoms with Crippen LogP contribution in [-0.4, -0.2) is 19.6 Å². The normalized spacial score (nSPS) is 13.6. The van der Waals surface area contributed by atoms with Gasteiger partial charge in [0.25, 0.3) is 5.78 Å². The van der Waals surface area contributed by atoms with E-state index in [4.69, 9.17) is 5.26 Å². The van der Waals surface area contributed by atoms with E-state index in [0.717, 1.165) is 11.4 Å². The van der Waals surface area contributed by atoms with E-state index in [1.807, 2.05) is 13.1 Å². The van der Waals surface area contributed by atoms with Crippen LogP contribution in [0.3, 0.4) is 0 Å². The summed E-state index contributed by atoms with van der Waals surface area (Å²) in [5, 5.41) is 13.3. The molecule has 2 aromatic rings. The Bertz CT molecular complexity index is 585. The minimum absolute atomic E-state index is 0.102. The van der Waals surface area contributed by atoms with E-state index in [1.54, 1.807) is 10.7 Å². The summed E-state index contributed by atoms with van der Waals surface area (Å²) >= 11 is 0. The maximum absolute atomic E-state index is 8.87. The van der Waals surface area contributed by atoms with Crippen LogP contribution in [0, 0.1) is 11.3 Å². The molecule has 88 valence electrons. The zero-order valence-corrected chi connectivity index (χ0v) is 10.5. The minimum atomic E-state index is -0.186. The first-order chi connectivity index (χ1) is 7.91. The highest BCUT2D eigenvalue weighted by atomic mass is 15.3. The Labute approximate surface area is 100 Å². The molecule has 0 aliphatic carbocycles. The molecule has 17 heavy (non-hydrogen) atoms. The standard InChI is InChI=1S/C12H15N5/c1-8(5-13)9-6-14-11-15-10(12(2,3)4)16-17(11)7-9/h6-8H,1-4H3. The summed E-state index contributed by atoms with van der Waals surface area (Å²) in [6.07, 6.45) is 3.50. The zero-order valence-electron chi connectivity index (χ0n) is 10.5. The number of hydrogen-bond acceptors (Lipinski definition) is 4. The van der Waals surface area contributed by atoms with Crippen LogP contribution in [0.5, 0.6) is 0 Å². The van der Waals surface area contributed by atoms with E-state index < -0.39 is 0 Å². The summed E-state index contributed by atoms with van der Waals surface area (Å²) < 4.78 is 1.64. The Hall–Kier alpha value is -1.96. The fourth-order valence-electron chi connectivity index (χ4n) is 1.41. The van der Waals surface area contributed by atoms with Crippen LogP contribution in [0.25, 0.3) is 5.78 Å². The van der Waals surface area contributed by atoms with Gasteiger partial charge in [-0.1, -0.05) is 20.8 Å². The van der Waals surface area contributed by atoms with Gasteiger partial charge < -0.3 is 0 Å². The van der Waals surface area contributed by atoms with Crippen molar-refractivity contribution >= 4 is 5.78 Å². The highest BCUT2D eigenvalue weighted by Crippen LogP contribution is 2.19. The van der Waals surface area contributed by atoms with Gasteiger partial charge in [0.2, 0.25) is 0 Å². The second-order valence-electron chi connectivity index (χ2n) is 5.17. The van der Waals surface area contributed by atoms with Crippen LogP contribution in [0.15, 0.2) is 12.4 Å². The van der Waals surface area contributed by atoms with E-state index in [-0.39, 0.29) is 11.3 Å². The van der Waals surface area contributed by atoms with Crippen molar-refractivity contribution in [2.75, 3.05) is 0 Å². The lowest BCUT2D eigenvalue weighted by Gasteiger charge is -2.11. The number of hydrogen-bond donors (Lipinski definition) is 0. The fraction of sp³-hybridized carbons (Fsp3) is 0.500. The first kappa shape index (κ1) is 11.5. The van der Waals surface area contributed by atoms with E-state index in [9.17, 15) is 0 Å². The molecule has 0 aliphatic rings. The number of fused-ring (bicyclic) bond motifs is 1. The van der Waals surface area contributed by atoms with Gasteiger partial charge in [0.05, 0.1) is 12.0 Å². The van der Waals surface area contributed by atoms with E-state index >= 15 is 0 Å². The molecule has 2 heterocycles. The Morgan fingerprint density at radius 2 is 2.12 bits per heavy atom. The second-order valence-corrected chi connectivity index (χ2v) is 5.17. The molecule has 0 saturated heterocycles. The third kappa shape index (κ3) is 2.11. The van der Waals surface area contributed by atoms with E-state index in [1.165, 1.54) is 0 Å². The number of rotatable bonds is 1. The van der Waals surface area contributed by atoms with Gasteiger partial charge in [0.15, 0.2) is 5.82 Å². The number of aromatic nitrogens is 4. The van der Waals surface area contributed by atoms with Gasteiger partial charge in [0.1, 0.15) is 0 Å². The summed E-state index contributed by atoms with van der Waals surface area (Å²) in [5.74, 6) is 1.14. The average molecular weight is 229 g/mol. The van der Waals surface area contributed by atoms with Crippen LogP contribution < -0.4 is 0 Å². The lowest BCUT2D eigenvalue weighted by Crippen LogP contribution is -2.13. The summed E-state index contributed by atoms with van der Waals surface area (Å²) in [6, 6.07) is 2.18. The van der Waals surface area contributed by atoms with E-state index in [0.29, 0.717) is 5.78 Å². The largest absolute Gasteiger partial charge is 0.252 e. The van der Waals surface area contributed by atoms with Gasteiger partial charge in [-0.05, 0) is 6.92 Å². The molecule has 0 aliphatic heterocycles. The molecule has 2 rings (SSSR count). The molecule has 0 fully saturated rings. The Morgan fingerprint density at radius 3 is 2.71 bits per heavy atom. The van der Waals surface area contributed by atoms with Gasteiger partial charge in [-0.2, -0.15) is 10.2 Å². The van der Waals surface area contributed by atoms with Crippen molar-refractivity contribution in [3.8, 4) is 6.07 Å². The van der Waals surface area contributed by atoms with Crippen molar-refractivity contribution in [3.05, 3.63) is 23.8 Å². The van der Waals surface area contributed by atoms with Crippen molar-refractivity contribution < 1.29 is 0 Å². The van der Waals surface area contributed by atoms with Crippen molar-refractivity contribution in [1.29, 1.82) is 5.26 Å². The van der Waals surface area contributed by atoms with Crippen molar-refractivity contribution in [2.45, 2.75) is 39.0 Å². The van der Waals surface area contributed by atoms with Crippen LogP contribution in [-0.2, 0) is 5.41 Å². The smallest absolute Gasteiger partial charge is 0.219 e. The van der Waals surface area contributed by atoms with Crippen molar-refractivity contribution in [1.82, 2.24) is 19.6 Å². The Morgan fingerprint density at radius 1 is 1.41 bits per heavy atom. The molecular formula is C12H15N5. The average Bonchev–Trinajstić information content (AvgIpc) is 2.70. The topological polar surface area (TPSA) is 66.9 Å². The SMILES string of the molecule is CC(C#N)c1cnc2nc(C(C)(C)C)nn2c1. The molecule has 0 saturated carbocycles. The lowest BCUT2D eigenvalue weighted by atomic mass is 9.96. The first-order valence-electron chi connectivity index (χ1n) is 5.54. The first-order valence-corrected chi connectivity index (χ1v) is 5.54. The Kier molecular flexibility index (Phi) is 2.58. The van der Waals surface area contributed by atoms with Crippen molar-refractivity contribution in [2.24, 2.45) is 0 Å². The fourth-order valence-corrected chi connectivity index (χ4v) is 1.41. The van der Waals surface area contributed by atoms with Gasteiger partial charge in [-0.15, -0.1) is 5.10 Å². The maximum Gasteiger partial charge on any atom is 0.252 e. The van der Waals surface area contributed by atoms with Crippen LogP contribution >= 0.6 is 0 Å². The third-order valence-corrected chi connectivity index (χ3v) is 2.58. The molecule has 1 unspecified atom stereocenters. The van der Waals surface area contributed by atoms with E-state index in [2.05, 4.69) is 41.9 Å². The van der Waals surface area contributed by atoms with Gasteiger partial charge >= 0.3 is 0 Å². The summed E-state index contributed by atoms with van der Waals surface area (Å²) in [5.41, 5.74) is 0.750. The van der Waals surface area contributed by atoms with Gasteiger partial charge in [0, 0.05) is 23.4 Å². The molecule has 5 nitrogen and oxygen atoms in total. The Balaban J connectivity index is 2.53. The quantitative estimate of drug-likeness (QED) is 0.750. The predicted octanol–water partition coefficient (Wildman–Crippen LogP) is 2.05. The monoisotopic (exact) mass is 229 g/mol. The molecule has 1 atom stereocenters. The molecule has 2 aromatic heterocycles. The minimum Gasteiger partial charge on any atom is -0.219 e. The number of nitrogens with zero attached hydrogens (tertiary/aromatic N) is 5. The summed E-state index contributed by atoms with van der Waals surface area (Å²) in [7, 11) is 0. The molecule has 5 heteroatoms. The van der Waals surface area contributed by atoms with Crippen LogP contribution in [0.1, 0.15) is 45.0 Å². The highest BCUT2D eigenvalue weighted by Gasteiger charge is 2.20. The lowest BCUT2D eigenvalue weighted by molar-refractivity contribution is 0.545. The molecule has 0 spiro atoms.